The van der Waals surface area contributed by atoms with E-state index in [2.05, 4.69) is 15.1 Å². The van der Waals surface area contributed by atoms with E-state index in [9.17, 15) is 4.79 Å². The summed E-state index contributed by atoms with van der Waals surface area (Å²) >= 11 is 0. The fraction of sp³-hybridized carbons (Fsp3) is 0.429. The van der Waals surface area contributed by atoms with Gasteiger partial charge in [-0.25, -0.2) is 0 Å². The number of aryl methyl sites for hydroxylation is 1. The van der Waals surface area contributed by atoms with Gasteiger partial charge in [0.05, 0.1) is 17.9 Å². The van der Waals surface area contributed by atoms with Gasteiger partial charge in [0.15, 0.2) is 5.69 Å². The van der Waals surface area contributed by atoms with Crippen molar-refractivity contribution in [2.45, 2.75) is 33.2 Å². The van der Waals surface area contributed by atoms with Gasteiger partial charge in [-0.15, -0.1) is 0 Å². The van der Waals surface area contributed by atoms with Crippen molar-refractivity contribution in [2.24, 2.45) is 0 Å². The minimum Gasteiger partial charge on any atom is -0.360 e. The highest BCUT2D eigenvalue weighted by molar-refractivity contribution is 5.93. The van der Waals surface area contributed by atoms with Crippen LogP contribution in [0.4, 0.5) is 0 Å². The van der Waals surface area contributed by atoms with Crippen molar-refractivity contribution < 1.29 is 9.32 Å². The molecule has 0 fully saturated rings. The molecule has 0 unspecified atom stereocenters. The number of nitrogens with zero attached hydrogens (tertiary/aromatic N) is 4. The maximum Gasteiger partial charge on any atom is 0.276 e. The minimum atomic E-state index is -0.0951. The van der Waals surface area contributed by atoms with Gasteiger partial charge in [-0.1, -0.05) is 12.1 Å². The third-order valence-electron chi connectivity index (χ3n) is 3.65. The topological polar surface area (TPSA) is 72.1 Å². The Bertz CT molecular complexity index is 650. The number of amides is 1. The molecule has 0 aliphatic carbocycles. The summed E-state index contributed by atoms with van der Waals surface area (Å²) in [6, 6.07) is 0. The Labute approximate surface area is 116 Å². The number of aromatic nitrogens is 3. The molecule has 0 atom stereocenters. The van der Waals surface area contributed by atoms with Crippen molar-refractivity contribution in [3.63, 3.8) is 0 Å². The molecule has 1 amide bonds. The molecular weight excluding hydrogens is 256 g/mol. The molecule has 0 saturated heterocycles. The molecule has 3 rings (SSSR count). The van der Waals surface area contributed by atoms with E-state index in [1.54, 1.807) is 17.3 Å². The summed E-state index contributed by atoms with van der Waals surface area (Å²) in [6.45, 7) is 4.98. The first-order valence-corrected chi connectivity index (χ1v) is 6.74. The molecule has 0 bridgehead atoms. The van der Waals surface area contributed by atoms with Crippen LogP contribution in [-0.2, 0) is 19.4 Å². The van der Waals surface area contributed by atoms with Gasteiger partial charge in [0.2, 0.25) is 0 Å². The number of carbonyl (C=O) groups is 1. The van der Waals surface area contributed by atoms with Crippen LogP contribution in [0.3, 0.4) is 0 Å². The summed E-state index contributed by atoms with van der Waals surface area (Å²) in [5.74, 6) is 0.674. The summed E-state index contributed by atoms with van der Waals surface area (Å²) in [5, 5.41) is 3.92. The Kier molecular flexibility index (Phi) is 3.22. The Hall–Kier alpha value is -2.24. The highest BCUT2D eigenvalue weighted by Crippen LogP contribution is 2.20. The highest BCUT2D eigenvalue weighted by atomic mass is 16.5. The average Bonchev–Trinajstić information content (AvgIpc) is 2.87. The third kappa shape index (κ3) is 2.07. The molecule has 2 aromatic heterocycles. The van der Waals surface area contributed by atoms with Crippen LogP contribution in [0, 0.1) is 6.92 Å². The Morgan fingerprint density at radius 3 is 2.80 bits per heavy atom. The van der Waals surface area contributed by atoms with Gasteiger partial charge in [0.1, 0.15) is 5.76 Å². The number of fused-ring (bicyclic) bond motifs is 1. The predicted octanol–water partition coefficient (Wildman–Crippen LogP) is 1.53. The van der Waals surface area contributed by atoms with Crippen molar-refractivity contribution in [1.29, 1.82) is 0 Å². The third-order valence-corrected chi connectivity index (χ3v) is 3.65. The molecular formula is C14H16N4O2. The van der Waals surface area contributed by atoms with E-state index in [0.29, 0.717) is 18.8 Å². The first-order chi connectivity index (χ1) is 9.70. The van der Waals surface area contributed by atoms with Crippen LogP contribution in [0.5, 0.6) is 0 Å². The van der Waals surface area contributed by atoms with Crippen molar-refractivity contribution in [1.82, 2.24) is 20.0 Å². The smallest absolute Gasteiger partial charge is 0.276 e. The first kappa shape index (κ1) is 12.8. The van der Waals surface area contributed by atoms with E-state index < -0.39 is 0 Å². The van der Waals surface area contributed by atoms with E-state index in [1.807, 2.05) is 13.8 Å². The zero-order valence-electron chi connectivity index (χ0n) is 11.6. The van der Waals surface area contributed by atoms with Crippen LogP contribution in [0.2, 0.25) is 0 Å². The van der Waals surface area contributed by atoms with Gasteiger partial charge in [0, 0.05) is 37.3 Å². The molecule has 104 valence electrons. The zero-order chi connectivity index (χ0) is 14.1. The molecule has 1 aliphatic rings. The molecule has 3 heterocycles. The summed E-state index contributed by atoms with van der Waals surface area (Å²) in [6.07, 6.45) is 4.81. The van der Waals surface area contributed by atoms with E-state index in [-0.39, 0.29) is 5.91 Å². The second kappa shape index (κ2) is 5.03. The summed E-state index contributed by atoms with van der Waals surface area (Å²) in [7, 11) is 0. The van der Waals surface area contributed by atoms with E-state index in [1.165, 1.54) is 0 Å². The number of carbonyl (C=O) groups excluding carboxylic acids is 1. The first-order valence-electron chi connectivity index (χ1n) is 6.74. The van der Waals surface area contributed by atoms with Crippen molar-refractivity contribution in [3.05, 3.63) is 40.8 Å². The Balaban J connectivity index is 1.84. The van der Waals surface area contributed by atoms with Crippen molar-refractivity contribution in [3.8, 4) is 0 Å². The van der Waals surface area contributed by atoms with Crippen LogP contribution < -0.4 is 0 Å². The van der Waals surface area contributed by atoms with Crippen LogP contribution in [0.1, 0.15) is 40.1 Å². The summed E-state index contributed by atoms with van der Waals surface area (Å²) in [4.78, 5) is 22.8. The standard InChI is InChI=1S/C14H16N4O2/c1-3-12-9(2)13(17-20-12)14(19)18-7-4-10-11(8-18)16-6-5-15-10/h5-6H,3-4,7-8H2,1-2H3. The summed E-state index contributed by atoms with van der Waals surface area (Å²) in [5.41, 5.74) is 3.09. The van der Waals surface area contributed by atoms with Crippen LogP contribution in [0.15, 0.2) is 16.9 Å². The van der Waals surface area contributed by atoms with Crippen molar-refractivity contribution >= 4 is 5.91 Å². The number of rotatable bonds is 2. The molecule has 0 spiro atoms. The van der Waals surface area contributed by atoms with Gasteiger partial charge in [-0.3, -0.25) is 14.8 Å². The van der Waals surface area contributed by atoms with Gasteiger partial charge in [0.25, 0.3) is 5.91 Å². The maximum atomic E-state index is 12.5. The fourth-order valence-corrected chi connectivity index (χ4v) is 2.46. The monoisotopic (exact) mass is 272 g/mol. The quantitative estimate of drug-likeness (QED) is 0.829. The van der Waals surface area contributed by atoms with Crippen LogP contribution in [0.25, 0.3) is 0 Å². The highest BCUT2D eigenvalue weighted by Gasteiger charge is 2.27. The van der Waals surface area contributed by atoms with Crippen molar-refractivity contribution in [2.75, 3.05) is 6.54 Å². The maximum absolute atomic E-state index is 12.5. The summed E-state index contributed by atoms with van der Waals surface area (Å²) < 4.78 is 5.20. The molecule has 0 N–H and O–H groups in total. The largest absolute Gasteiger partial charge is 0.360 e. The van der Waals surface area contributed by atoms with Gasteiger partial charge < -0.3 is 9.42 Å². The number of hydrogen-bond donors (Lipinski definition) is 0. The number of hydrogen-bond acceptors (Lipinski definition) is 5. The van der Waals surface area contributed by atoms with Gasteiger partial charge >= 0.3 is 0 Å². The van der Waals surface area contributed by atoms with Gasteiger partial charge in [-0.2, -0.15) is 0 Å². The van der Waals surface area contributed by atoms with Crippen LogP contribution in [-0.4, -0.2) is 32.5 Å². The van der Waals surface area contributed by atoms with Crippen LogP contribution >= 0.6 is 0 Å². The second-order valence-corrected chi connectivity index (χ2v) is 4.86. The van der Waals surface area contributed by atoms with E-state index in [4.69, 9.17) is 4.52 Å². The van der Waals surface area contributed by atoms with E-state index >= 15 is 0 Å². The molecule has 1 aliphatic heterocycles. The predicted molar refractivity (Wildman–Crippen MR) is 71.1 cm³/mol. The van der Waals surface area contributed by atoms with Gasteiger partial charge in [-0.05, 0) is 6.92 Å². The Morgan fingerprint density at radius 1 is 1.35 bits per heavy atom. The van der Waals surface area contributed by atoms with E-state index in [0.717, 1.165) is 35.6 Å². The molecule has 6 heteroatoms. The molecule has 2 aromatic rings. The molecule has 0 aromatic carbocycles. The Morgan fingerprint density at radius 2 is 2.10 bits per heavy atom. The normalized spacial score (nSPS) is 14.2. The zero-order valence-corrected chi connectivity index (χ0v) is 11.6. The minimum absolute atomic E-state index is 0.0951. The molecule has 0 radical (unpaired) electrons. The molecule has 20 heavy (non-hydrogen) atoms. The average molecular weight is 272 g/mol. The lowest BCUT2D eigenvalue weighted by Gasteiger charge is -2.26. The fourth-order valence-electron chi connectivity index (χ4n) is 2.46. The molecule has 0 saturated carbocycles. The lowest BCUT2D eigenvalue weighted by Crippen LogP contribution is -2.37. The lowest BCUT2D eigenvalue weighted by atomic mass is 10.1. The second-order valence-electron chi connectivity index (χ2n) is 4.86. The lowest BCUT2D eigenvalue weighted by molar-refractivity contribution is 0.0719. The SMILES string of the molecule is CCc1onc(C(=O)N2CCc3nccnc3C2)c1C. The molecule has 6 nitrogen and oxygen atoms in total.